The summed E-state index contributed by atoms with van der Waals surface area (Å²) in [4.78, 5) is 17.6. The lowest BCUT2D eigenvalue weighted by atomic mass is 10.2. The van der Waals surface area contributed by atoms with Crippen LogP contribution in [0.15, 0.2) is 36.9 Å². The molecule has 18 heavy (non-hydrogen) atoms. The van der Waals surface area contributed by atoms with Gasteiger partial charge in [0.05, 0.1) is 30.4 Å². The number of rotatable bonds is 2. The highest BCUT2D eigenvalue weighted by molar-refractivity contribution is 5.82. The highest BCUT2D eigenvalue weighted by Gasteiger charge is 1.93. The van der Waals surface area contributed by atoms with Gasteiger partial charge in [-0.2, -0.15) is 0 Å². The first-order chi connectivity index (χ1) is 8.69. The minimum atomic E-state index is -0.0195. The van der Waals surface area contributed by atoms with Crippen molar-refractivity contribution in [2.75, 3.05) is 11.5 Å². The molecule has 2 aromatic rings. The lowest BCUT2D eigenvalue weighted by molar-refractivity contribution is 0.112. The molecule has 94 valence electrons. The first kappa shape index (κ1) is 13.6. The zero-order valence-corrected chi connectivity index (χ0v) is 9.65. The fourth-order valence-electron chi connectivity index (χ4n) is 1.10. The Bertz CT molecular complexity index is 517. The van der Waals surface area contributed by atoms with E-state index < -0.39 is 0 Å². The molecule has 2 rings (SSSR count). The van der Waals surface area contributed by atoms with Gasteiger partial charge in [-0.1, -0.05) is 0 Å². The van der Waals surface area contributed by atoms with Crippen LogP contribution in [0.5, 0.6) is 0 Å². The summed E-state index contributed by atoms with van der Waals surface area (Å²) >= 11 is 0. The van der Waals surface area contributed by atoms with Gasteiger partial charge in [0.15, 0.2) is 6.29 Å². The Labute approximate surface area is 104 Å². The topological polar surface area (TPSA) is 115 Å². The largest absolute Gasteiger partial charge is 0.397 e. The molecule has 0 spiro atoms. The number of hydrogen-bond donors (Lipinski definition) is 3. The van der Waals surface area contributed by atoms with Crippen molar-refractivity contribution < 1.29 is 9.90 Å². The Balaban J connectivity index is 0.000000180. The number of nitrogen functional groups attached to an aromatic ring is 2. The molecule has 0 amide bonds. The number of aldehydes is 1. The Hall–Kier alpha value is -2.47. The van der Waals surface area contributed by atoms with Gasteiger partial charge in [0.2, 0.25) is 0 Å². The maximum absolute atomic E-state index is 10.1. The summed E-state index contributed by atoms with van der Waals surface area (Å²) in [7, 11) is 0. The van der Waals surface area contributed by atoms with Crippen LogP contribution in [-0.2, 0) is 6.61 Å². The number of aliphatic hydroxyl groups excluding tert-OH is 1. The minimum Gasteiger partial charge on any atom is -0.397 e. The number of anilines is 2. The van der Waals surface area contributed by atoms with Gasteiger partial charge in [0.1, 0.15) is 0 Å². The summed E-state index contributed by atoms with van der Waals surface area (Å²) in [6, 6.07) is 3.26. The van der Waals surface area contributed by atoms with Gasteiger partial charge in [-0.15, -0.1) is 0 Å². The average molecular weight is 246 g/mol. The summed E-state index contributed by atoms with van der Waals surface area (Å²) in [5.74, 6) is 0. The van der Waals surface area contributed by atoms with Crippen LogP contribution in [-0.4, -0.2) is 21.4 Å². The van der Waals surface area contributed by atoms with E-state index in [1.807, 2.05) is 0 Å². The first-order valence-corrected chi connectivity index (χ1v) is 5.13. The van der Waals surface area contributed by atoms with Gasteiger partial charge in [-0.05, 0) is 12.1 Å². The lowest BCUT2D eigenvalue weighted by Crippen LogP contribution is -1.93. The van der Waals surface area contributed by atoms with E-state index in [1.165, 1.54) is 18.6 Å². The Morgan fingerprint density at radius 1 is 1.11 bits per heavy atom. The predicted octanol–water partition coefficient (Wildman–Crippen LogP) is 0.632. The third-order valence-electron chi connectivity index (χ3n) is 2.13. The van der Waals surface area contributed by atoms with Gasteiger partial charge < -0.3 is 16.6 Å². The van der Waals surface area contributed by atoms with Gasteiger partial charge in [0, 0.05) is 23.5 Å². The lowest BCUT2D eigenvalue weighted by Gasteiger charge is -1.97. The number of aliphatic hydroxyl groups is 1. The fourth-order valence-corrected chi connectivity index (χ4v) is 1.10. The van der Waals surface area contributed by atoms with Crippen molar-refractivity contribution in [3.05, 3.63) is 48.0 Å². The molecule has 0 unspecified atom stereocenters. The van der Waals surface area contributed by atoms with Crippen LogP contribution < -0.4 is 11.5 Å². The summed E-state index contributed by atoms with van der Waals surface area (Å²) in [5, 5.41) is 8.61. The molecular weight excluding hydrogens is 232 g/mol. The number of nitrogens with two attached hydrogens (primary N) is 2. The molecule has 2 heterocycles. The zero-order valence-electron chi connectivity index (χ0n) is 9.65. The highest BCUT2D eigenvalue weighted by atomic mass is 16.3. The van der Waals surface area contributed by atoms with E-state index in [9.17, 15) is 4.79 Å². The predicted molar refractivity (Wildman–Crippen MR) is 68.6 cm³/mol. The molecule has 0 aliphatic carbocycles. The maximum atomic E-state index is 10.1. The molecule has 0 aromatic carbocycles. The molecule has 0 aliphatic rings. The summed E-state index contributed by atoms with van der Waals surface area (Å²) in [6.45, 7) is -0.0195. The van der Waals surface area contributed by atoms with Crippen LogP contribution in [0.25, 0.3) is 0 Å². The van der Waals surface area contributed by atoms with Crippen LogP contribution in [0.2, 0.25) is 0 Å². The summed E-state index contributed by atoms with van der Waals surface area (Å²) in [6.07, 6.45) is 6.80. The van der Waals surface area contributed by atoms with Crippen molar-refractivity contribution in [3.8, 4) is 0 Å². The number of carbonyl (C=O) groups excluding carboxylic acids is 1. The van der Waals surface area contributed by atoms with Gasteiger partial charge >= 0.3 is 0 Å². The normalized spacial score (nSPS) is 9.17. The SMILES string of the molecule is Nc1cnccc1C=O.Nc1cnccc1CO. The number of hydrogen-bond acceptors (Lipinski definition) is 6. The molecule has 6 heteroatoms. The molecule has 0 saturated heterocycles. The third-order valence-corrected chi connectivity index (χ3v) is 2.13. The van der Waals surface area contributed by atoms with Gasteiger partial charge in [0.25, 0.3) is 0 Å². The van der Waals surface area contributed by atoms with Crippen LogP contribution in [0, 0.1) is 0 Å². The van der Waals surface area contributed by atoms with Crippen molar-refractivity contribution in [3.63, 3.8) is 0 Å². The standard InChI is InChI=1S/C6H8N2O.C6H6N2O/c2*7-6-3-8-2-1-5(6)4-9/h1-3,9H,4,7H2;1-4H,7H2. The van der Waals surface area contributed by atoms with Crippen molar-refractivity contribution in [1.29, 1.82) is 0 Å². The van der Waals surface area contributed by atoms with E-state index in [0.717, 1.165) is 5.56 Å². The average Bonchev–Trinajstić information content (AvgIpc) is 2.41. The smallest absolute Gasteiger partial charge is 0.152 e. The molecule has 6 nitrogen and oxygen atoms in total. The Kier molecular flexibility index (Phi) is 5.27. The molecule has 0 aliphatic heterocycles. The molecule has 5 N–H and O–H groups in total. The van der Waals surface area contributed by atoms with Crippen LogP contribution in [0.4, 0.5) is 11.4 Å². The monoisotopic (exact) mass is 246 g/mol. The molecule has 2 aromatic heterocycles. The van der Waals surface area contributed by atoms with Crippen molar-refractivity contribution in [2.45, 2.75) is 6.61 Å². The number of aromatic nitrogens is 2. The summed E-state index contributed by atoms with van der Waals surface area (Å²) < 4.78 is 0. The van der Waals surface area contributed by atoms with Crippen molar-refractivity contribution in [2.24, 2.45) is 0 Å². The van der Waals surface area contributed by atoms with E-state index in [2.05, 4.69) is 9.97 Å². The second-order valence-corrected chi connectivity index (χ2v) is 3.36. The van der Waals surface area contributed by atoms with Gasteiger partial charge in [-0.25, -0.2) is 0 Å². The molecule has 0 bridgehead atoms. The third kappa shape index (κ3) is 3.84. The molecule has 0 fully saturated rings. The second-order valence-electron chi connectivity index (χ2n) is 3.36. The van der Waals surface area contributed by atoms with Crippen molar-refractivity contribution >= 4 is 17.7 Å². The number of carbonyl (C=O) groups is 1. The molecular formula is C12H14N4O2. The van der Waals surface area contributed by atoms with Crippen LogP contribution in [0.3, 0.4) is 0 Å². The van der Waals surface area contributed by atoms with Crippen LogP contribution >= 0.6 is 0 Å². The van der Waals surface area contributed by atoms with E-state index >= 15 is 0 Å². The minimum absolute atomic E-state index is 0.0195. The zero-order chi connectivity index (χ0) is 13.4. The van der Waals surface area contributed by atoms with E-state index in [4.69, 9.17) is 16.6 Å². The fraction of sp³-hybridized carbons (Fsp3) is 0.0833. The van der Waals surface area contributed by atoms with E-state index in [-0.39, 0.29) is 6.61 Å². The maximum Gasteiger partial charge on any atom is 0.152 e. The highest BCUT2D eigenvalue weighted by Crippen LogP contribution is 2.06. The number of nitrogens with zero attached hydrogens (tertiary/aromatic N) is 2. The first-order valence-electron chi connectivity index (χ1n) is 5.13. The Morgan fingerprint density at radius 2 is 1.72 bits per heavy atom. The van der Waals surface area contributed by atoms with E-state index in [0.29, 0.717) is 23.2 Å². The van der Waals surface area contributed by atoms with E-state index in [1.54, 1.807) is 18.3 Å². The number of pyridine rings is 2. The van der Waals surface area contributed by atoms with Crippen LogP contribution in [0.1, 0.15) is 15.9 Å². The van der Waals surface area contributed by atoms with Gasteiger partial charge in [-0.3, -0.25) is 14.8 Å². The molecule has 0 saturated carbocycles. The second kappa shape index (κ2) is 6.97. The molecule has 0 atom stereocenters. The molecule has 0 radical (unpaired) electrons. The summed E-state index contributed by atoms with van der Waals surface area (Å²) in [5.41, 5.74) is 12.9. The Morgan fingerprint density at radius 3 is 2.11 bits per heavy atom. The van der Waals surface area contributed by atoms with Crippen molar-refractivity contribution in [1.82, 2.24) is 9.97 Å². The quantitative estimate of drug-likeness (QED) is 0.669.